The maximum absolute atomic E-state index is 14.3. The second-order valence-electron chi connectivity index (χ2n) is 5.43. The molecule has 106 valence electrons. The number of hydrogen-bond donors (Lipinski definition) is 2. The molecule has 2 N–H and O–H groups in total. The van der Waals surface area contributed by atoms with E-state index in [0.29, 0.717) is 5.39 Å². The van der Waals surface area contributed by atoms with Crippen LogP contribution in [0.4, 0.5) is 14.9 Å². The largest absolute Gasteiger partial charge is 0.507 e. The van der Waals surface area contributed by atoms with Crippen LogP contribution < -0.4 is 5.32 Å². The van der Waals surface area contributed by atoms with Gasteiger partial charge in [-0.25, -0.2) is 9.18 Å². The topological polar surface area (TPSA) is 58.6 Å². The SMILES string of the molecule is CC(C)(C)OC(=O)Nc1cc(O)c2ccccc2c1F. The van der Waals surface area contributed by atoms with E-state index in [-0.39, 0.29) is 16.8 Å². The standard InChI is InChI=1S/C15H16FNO3/c1-15(2,3)20-14(19)17-11-8-12(18)9-6-4-5-7-10(9)13(11)16/h4-8,18H,1-3H3,(H,17,19). The first-order chi connectivity index (χ1) is 9.28. The average Bonchev–Trinajstić information content (AvgIpc) is 2.33. The Morgan fingerprint density at radius 2 is 1.85 bits per heavy atom. The number of benzene rings is 2. The Balaban J connectivity index is 2.36. The second kappa shape index (κ2) is 5.00. The summed E-state index contributed by atoms with van der Waals surface area (Å²) < 4.78 is 19.3. The van der Waals surface area contributed by atoms with Crippen molar-refractivity contribution in [2.24, 2.45) is 0 Å². The van der Waals surface area contributed by atoms with Crippen LogP contribution in [0.25, 0.3) is 10.8 Å². The Bertz CT molecular complexity index is 662. The highest BCUT2D eigenvalue weighted by Crippen LogP contribution is 2.32. The number of anilines is 1. The van der Waals surface area contributed by atoms with Crippen molar-refractivity contribution in [2.75, 3.05) is 5.32 Å². The molecule has 0 atom stereocenters. The fraction of sp³-hybridized carbons (Fsp3) is 0.267. The maximum atomic E-state index is 14.3. The van der Waals surface area contributed by atoms with Gasteiger partial charge < -0.3 is 9.84 Å². The number of fused-ring (bicyclic) bond motifs is 1. The van der Waals surface area contributed by atoms with E-state index in [9.17, 15) is 14.3 Å². The van der Waals surface area contributed by atoms with E-state index in [4.69, 9.17) is 4.74 Å². The molecule has 2 aromatic carbocycles. The molecular weight excluding hydrogens is 261 g/mol. The summed E-state index contributed by atoms with van der Waals surface area (Å²) in [4.78, 5) is 11.6. The van der Waals surface area contributed by atoms with E-state index in [1.807, 2.05) is 0 Å². The fourth-order valence-corrected chi connectivity index (χ4v) is 1.83. The van der Waals surface area contributed by atoms with Crippen molar-refractivity contribution in [1.29, 1.82) is 0 Å². The zero-order valence-corrected chi connectivity index (χ0v) is 11.5. The van der Waals surface area contributed by atoms with Crippen LogP contribution in [0.5, 0.6) is 5.75 Å². The predicted molar refractivity (Wildman–Crippen MR) is 75.4 cm³/mol. The van der Waals surface area contributed by atoms with Crippen LogP contribution in [0.1, 0.15) is 20.8 Å². The Hall–Kier alpha value is -2.30. The molecule has 0 fully saturated rings. The van der Waals surface area contributed by atoms with E-state index in [1.54, 1.807) is 39.0 Å². The minimum absolute atomic E-state index is 0.104. The van der Waals surface area contributed by atoms with Crippen LogP contribution in [0.15, 0.2) is 30.3 Å². The van der Waals surface area contributed by atoms with Crippen molar-refractivity contribution < 1.29 is 19.0 Å². The lowest BCUT2D eigenvalue weighted by atomic mass is 10.1. The fourth-order valence-electron chi connectivity index (χ4n) is 1.83. The number of phenolic OH excluding ortho intramolecular Hbond substituents is 1. The number of ether oxygens (including phenoxy) is 1. The molecule has 2 rings (SSSR count). The number of phenols is 1. The molecule has 0 aliphatic carbocycles. The quantitative estimate of drug-likeness (QED) is 0.827. The van der Waals surface area contributed by atoms with Crippen molar-refractivity contribution in [3.05, 3.63) is 36.1 Å². The van der Waals surface area contributed by atoms with Gasteiger partial charge in [-0.3, -0.25) is 5.32 Å². The number of carbonyl (C=O) groups is 1. The molecule has 0 saturated heterocycles. The molecule has 0 bridgehead atoms. The van der Waals surface area contributed by atoms with Gasteiger partial charge in [0.05, 0.1) is 5.69 Å². The van der Waals surface area contributed by atoms with Gasteiger partial charge in [0.2, 0.25) is 0 Å². The summed E-state index contributed by atoms with van der Waals surface area (Å²) in [5.74, 6) is -0.711. The van der Waals surface area contributed by atoms with E-state index in [1.165, 1.54) is 12.1 Å². The van der Waals surface area contributed by atoms with Crippen molar-refractivity contribution in [2.45, 2.75) is 26.4 Å². The summed E-state index contributed by atoms with van der Waals surface area (Å²) in [5, 5.41) is 12.8. The van der Waals surface area contributed by atoms with Gasteiger partial charge in [-0.2, -0.15) is 0 Å². The molecule has 20 heavy (non-hydrogen) atoms. The molecular formula is C15H16FNO3. The van der Waals surface area contributed by atoms with E-state index in [2.05, 4.69) is 5.32 Å². The first kappa shape index (κ1) is 14.1. The second-order valence-corrected chi connectivity index (χ2v) is 5.43. The lowest BCUT2D eigenvalue weighted by Crippen LogP contribution is -2.27. The number of halogens is 1. The van der Waals surface area contributed by atoms with Gasteiger partial charge >= 0.3 is 6.09 Å². The van der Waals surface area contributed by atoms with Crippen molar-refractivity contribution in [3.8, 4) is 5.75 Å². The summed E-state index contributed by atoms with van der Waals surface area (Å²) >= 11 is 0. The molecule has 0 aromatic heterocycles. The monoisotopic (exact) mass is 277 g/mol. The number of hydrogen-bond acceptors (Lipinski definition) is 3. The van der Waals surface area contributed by atoms with Gasteiger partial charge in [-0.1, -0.05) is 24.3 Å². The summed E-state index contributed by atoms with van der Waals surface area (Å²) in [5.41, 5.74) is -0.796. The minimum Gasteiger partial charge on any atom is -0.507 e. The summed E-state index contributed by atoms with van der Waals surface area (Å²) in [6.45, 7) is 5.13. The van der Waals surface area contributed by atoms with Gasteiger partial charge in [0.15, 0.2) is 5.82 Å². The summed E-state index contributed by atoms with van der Waals surface area (Å²) in [7, 11) is 0. The molecule has 0 heterocycles. The smallest absolute Gasteiger partial charge is 0.412 e. The zero-order chi connectivity index (χ0) is 14.9. The third-order valence-corrected chi connectivity index (χ3v) is 2.59. The number of amides is 1. The van der Waals surface area contributed by atoms with Crippen molar-refractivity contribution in [1.82, 2.24) is 0 Å². The Morgan fingerprint density at radius 3 is 2.45 bits per heavy atom. The Morgan fingerprint density at radius 1 is 1.25 bits per heavy atom. The minimum atomic E-state index is -0.772. The summed E-state index contributed by atoms with van der Waals surface area (Å²) in [6.07, 6.45) is -0.772. The van der Waals surface area contributed by atoms with E-state index in [0.717, 1.165) is 0 Å². The molecule has 0 saturated carbocycles. The average molecular weight is 277 g/mol. The lowest BCUT2D eigenvalue weighted by Gasteiger charge is -2.20. The molecule has 0 unspecified atom stereocenters. The maximum Gasteiger partial charge on any atom is 0.412 e. The van der Waals surface area contributed by atoms with E-state index < -0.39 is 17.5 Å². The Labute approximate surface area is 116 Å². The molecule has 0 spiro atoms. The highest BCUT2D eigenvalue weighted by Gasteiger charge is 2.19. The first-order valence-electron chi connectivity index (χ1n) is 6.18. The third-order valence-electron chi connectivity index (χ3n) is 2.59. The molecule has 4 nitrogen and oxygen atoms in total. The van der Waals surface area contributed by atoms with Gasteiger partial charge in [-0.15, -0.1) is 0 Å². The number of carbonyl (C=O) groups excluding carboxylic acids is 1. The van der Waals surface area contributed by atoms with Crippen LogP contribution in [0.3, 0.4) is 0 Å². The number of rotatable bonds is 1. The van der Waals surface area contributed by atoms with Gasteiger partial charge in [-0.05, 0) is 20.8 Å². The van der Waals surface area contributed by atoms with E-state index >= 15 is 0 Å². The van der Waals surface area contributed by atoms with Gasteiger partial charge in [0, 0.05) is 16.8 Å². The molecule has 2 aromatic rings. The lowest BCUT2D eigenvalue weighted by molar-refractivity contribution is 0.0635. The molecule has 0 aliphatic rings. The van der Waals surface area contributed by atoms with Crippen LogP contribution in [0.2, 0.25) is 0 Å². The molecule has 5 heteroatoms. The normalized spacial score (nSPS) is 11.4. The molecule has 1 amide bonds. The zero-order valence-electron chi connectivity index (χ0n) is 11.5. The first-order valence-corrected chi connectivity index (χ1v) is 6.18. The van der Waals surface area contributed by atoms with Crippen molar-refractivity contribution in [3.63, 3.8) is 0 Å². The highest BCUT2D eigenvalue weighted by atomic mass is 19.1. The van der Waals surface area contributed by atoms with Gasteiger partial charge in [0.25, 0.3) is 0 Å². The number of nitrogens with one attached hydrogen (secondary N) is 1. The highest BCUT2D eigenvalue weighted by molar-refractivity contribution is 5.95. The van der Waals surface area contributed by atoms with Crippen LogP contribution in [-0.2, 0) is 4.74 Å². The Kier molecular flexibility index (Phi) is 3.53. The van der Waals surface area contributed by atoms with Crippen LogP contribution in [-0.4, -0.2) is 16.8 Å². The molecule has 0 radical (unpaired) electrons. The van der Waals surface area contributed by atoms with Crippen LogP contribution in [0, 0.1) is 5.82 Å². The third kappa shape index (κ3) is 2.99. The summed E-state index contributed by atoms with van der Waals surface area (Å²) in [6, 6.07) is 7.65. The van der Waals surface area contributed by atoms with Crippen molar-refractivity contribution >= 4 is 22.6 Å². The van der Waals surface area contributed by atoms with Gasteiger partial charge in [0.1, 0.15) is 11.4 Å². The molecule has 0 aliphatic heterocycles. The predicted octanol–water partition coefficient (Wildman–Crippen LogP) is 4.03. The van der Waals surface area contributed by atoms with Crippen LogP contribution >= 0.6 is 0 Å². The number of aromatic hydroxyl groups is 1.